The van der Waals surface area contributed by atoms with Gasteiger partial charge >= 0.3 is 0 Å². The molecule has 5 rings (SSSR count). The Hall–Kier alpha value is -4.48. The van der Waals surface area contributed by atoms with Crippen molar-refractivity contribution in [1.29, 1.82) is 0 Å². The summed E-state index contributed by atoms with van der Waals surface area (Å²) in [5.41, 5.74) is 2.20. The van der Waals surface area contributed by atoms with Crippen molar-refractivity contribution in [3.8, 4) is 11.1 Å². The standard InChI is InChI=1S/C28H27F2N7O2/c1-2-24(39)34-23-16-18(8-9-31-23)20-5-3-4-19-17-32-28(35-27(19)20)33-21-6-7-22(26(30)25(21)29)37-12-10-36(11-13-37)14-15-38/h2-9,16-17,38H,1,10-15H2,(H,31,34,39)(H,32,33,35). The number of β-amino-alcohol motifs (C(OH)–C–C–N with tert-alkyl or cyclic N) is 1. The van der Waals surface area contributed by atoms with Gasteiger partial charge in [-0.3, -0.25) is 9.69 Å². The number of halogens is 2. The number of pyridine rings is 1. The molecule has 0 bridgehead atoms. The molecule has 200 valence electrons. The Balaban J connectivity index is 1.40. The van der Waals surface area contributed by atoms with Crippen molar-refractivity contribution < 1.29 is 18.7 Å². The fourth-order valence-corrected chi connectivity index (χ4v) is 4.55. The second-order valence-corrected chi connectivity index (χ2v) is 9.00. The van der Waals surface area contributed by atoms with Crippen molar-refractivity contribution in [3.63, 3.8) is 0 Å². The van der Waals surface area contributed by atoms with E-state index >= 15 is 8.78 Å². The number of hydrogen-bond donors (Lipinski definition) is 3. The number of anilines is 4. The number of aromatic nitrogens is 3. The molecule has 1 amide bonds. The first-order valence-corrected chi connectivity index (χ1v) is 12.5. The molecule has 0 unspecified atom stereocenters. The van der Waals surface area contributed by atoms with E-state index in [0.29, 0.717) is 44.1 Å². The molecule has 3 heterocycles. The number of fused-ring (bicyclic) bond motifs is 1. The van der Waals surface area contributed by atoms with Crippen LogP contribution in [0.1, 0.15) is 0 Å². The van der Waals surface area contributed by atoms with Gasteiger partial charge in [-0.2, -0.15) is 0 Å². The van der Waals surface area contributed by atoms with Crippen LogP contribution < -0.4 is 15.5 Å². The van der Waals surface area contributed by atoms with Crippen LogP contribution in [0.3, 0.4) is 0 Å². The molecular weight excluding hydrogens is 504 g/mol. The van der Waals surface area contributed by atoms with Crippen LogP contribution in [0.25, 0.3) is 22.0 Å². The van der Waals surface area contributed by atoms with E-state index in [2.05, 4.69) is 37.1 Å². The van der Waals surface area contributed by atoms with Crippen LogP contribution in [-0.2, 0) is 4.79 Å². The second-order valence-electron chi connectivity index (χ2n) is 9.00. The normalized spacial score (nSPS) is 13.9. The summed E-state index contributed by atoms with van der Waals surface area (Å²) < 4.78 is 30.2. The number of rotatable bonds is 8. The zero-order chi connectivity index (χ0) is 27.4. The predicted molar refractivity (Wildman–Crippen MR) is 147 cm³/mol. The van der Waals surface area contributed by atoms with E-state index < -0.39 is 11.6 Å². The Morgan fingerprint density at radius 1 is 1.08 bits per heavy atom. The number of nitrogens with one attached hydrogen (secondary N) is 2. The summed E-state index contributed by atoms with van der Waals surface area (Å²) in [6.45, 7) is 6.47. The molecule has 9 nitrogen and oxygen atoms in total. The lowest BCUT2D eigenvalue weighted by molar-refractivity contribution is -0.111. The highest BCUT2D eigenvalue weighted by Crippen LogP contribution is 2.31. The summed E-state index contributed by atoms with van der Waals surface area (Å²) >= 11 is 0. The molecule has 0 radical (unpaired) electrons. The van der Waals surface area contributed by atoms with Gasteiger partial charge in [0, 0.05) is 56.1 Å². The molecule has 0 aliphatic carbocycles. The van der Waals surface area contributed by atoms with Gasteiger partial charge in [0.2, 0.25) is 11.9 Å². The molecule has 0 atom stereocenters. The van der Waals surface area contributed by atoms with Gasteiger partial charge in [0.05, 0.1) is 23.5 Å². The van der Waals surface area contributed by atoms with E-state index in [9.17, 15) is 4.79 Å². The number of para-hydroxylation sites is 1. The first kappa shape index (κ1) is 26.1. The summed E-state index contributed by atoms with van der Waals surface area (Å²) in [5.74, 6) is -1.88. The Morgan fingerprint density at radius 2 is 1.90 bits per heavy atom. The predicted octanol–water partition coefficient (Wildman–Crippen LogP) is 3.95. The zero-order valence-electron chi connectivity index (χ0n) is 21.1. The third-order valence-electron chi connectivity index (χ3n) is 6.56. The third kappa shape index (κ3) is 5.69. The molecule has 3 N–H and O–H groups in total. The molecular formula is C28H27F2N7O2. The Labute approximate surface area is 223 Å². The molecule has 0 saturated carbocycles. The molecule has 2 aromatic carbocycles. The lowest BCUT2D eigenvalue weighted by Gasteiger charge is -2.36. The van der Waals surface area contributed by atoms with E-state index in [0.717, 1.165) is 22.6 Å². The number of hydrogen-bond acceptors (Lipinski definition) is 8. The highest BCUT2D eigenvalue weighted by atomic mass is 19.2. The van der Waals surface area contributed by atoms with Gasteiger partial charge in [-0.05, 0) is 35.9 Å². The van der Waals surface area contributed by atoms with Crippen LogP contribution in [0, 0.1) is 11.6 Å². The summed E-state index contributed by atoms with van der Waals surface area (Å²) in [5, 5.41) is 15.3. The van der Waals surface area contributed by atoms with Crippen molar-refractivity contribution >= 4 is 40.0 Å². The van der Waals surface area contributed by atoms with Crippen molar-refractivity contribution in [1.82, 2.24) is 19.9 Å². The first-order chi connectivity index (χ1) is 19.0. The summed E-state index contributed by atoms with van der Waals surface area (Å²) in [6, 6.07) is 12.1. The lowest BCUT2D eigenvalue weighted by atomic mass is 10.0. The van der Waals surface area contributed by atoms with Gasteiger partial charge in [-0.25, -0.2) is 23.7 Å². The van der Waals surface area contributed by atoms with Crippen molar-refractivity contribution in [2.75, 3.05) is 54.9 Å². The van der Waals surface area contributed by atoms with Crippen LogP contribution in [0.5, 0.6) is 0 Å². The summed E-state index contributed by atoms with van der Waals surface area (Å²) in [4.78, 5) is 28.6. The third-order valence-corrected chi connectivity index (χ3v) is 6.56. The quantitative estimate of drug-likeness (QED) is 0.294. The van der Waals surface area contributed by atoms with E-state index in [1.807, 2.05) is 18.2 Å². The number of carbonyl (C=O) groups excluding carboxylic acids is 1. The van der Waals surface area contributed by atoms with Crippen LogP contribution in [0.2, 0.25) is 0 Å². The molecule has 1 aliphatic rings. The highest BCUT2D eigenvalue weighted by molar-refractivity contribution is 5.99. The summed E-state index contributed by atoms with van der Waals surface area (Å²) in [6.07, 6.45) is 4.33. The van der Waals surface area contributed by atoms with Crippen LogP contribution >= 0.6 is 0 Å². The van der Waals surface area contributed by atoms with Crippen molar-refractivity contribution in [2.45, 2.75) is 0 Å². The smallest absolute Gasteiger partial charge is 0.248 e. The molecule has 1 fully saturated rings. The Bertz CT molecular complexity index is 1520. The van der Waals surface area contributed by atoms with Gasteiger partial charge in [-0.1, -0.05) is 24.8 Å². The lowest BCUT2D eigenvalue weighted by Crippen LogP contribution is -2.47. The van der Waals surface area contributed by atoms with Gasteiger partial charge < -0.3 is 20.6 Å². The topological polar surface area (TPSA) is 107 Å². The molecule has 4 aromatic rings. The van der Waals surface area contributed by atoms with Crippen LogP contribution in [0.15, 0.2) is 67.5 Å². The van der Waals surface area contributed by atoms with E-state index in [1.54, 1.807) is 35.5 Å². The van der Waals surface area contributed by atoms with E-state index in [1.165, 1.54) is 6.07 Å². The molecule has 11 heteroatoms. The molecule has 2 aromatic heterocycles. The number of aliphatic hydroxyl groups excluding tert-OH is 1. The molecule has 1 saturated heterocycles. The molecule has 1 aliphatic heterocycles. The minimum absolute atomic E-state index is 0.0687. The SMILES string of the molecule is C=CC(=O)Nc1cc(-c2cccc3cnc(Nc4ccc(N5CCN(CCO)CC5)c(F)c4F)nc23)ccn1. The number of aliphatic hydroxyl groups is 1. The van der Waals surface area contributed by atoms with Gasteiger partial charge in [0.15, 0.2) is 11.6 Å². The van der Waals surface area contributed by atoms with Crippen LogP contribution in [-0.4, -0.2) is 70.2 Å². The Kier molecular flexibility index (Phi) is 7.71. The maximum atomic E-state index is 15.1. The number of nitrogens with zero attached hydrogens (tertiary/aromatic N) is 5. The minimum Gasteiger partial charge on any atom is -0.395 e. The van der Waals surface area contributed by atoms with Crippen molar-refractivity contribution in [2.24, 2.45) is 0 Å². The second kappa shape index (κ2) is 11.5. The number of carbonyl (C=O) groups is 1. The largest absolute Gasteiger partial charge is 0.395 e. The number of benzene rings is 2. The average molecular weight is 532 g/mol. The number of amides is 1. The maximum absolute atomic E-state index is 15.1. The summed E-state index contributed by atoms with van der Waals surface area (Å²) in [7, 11) is 0. The maximum Gasteiger partial charge on any atom is 0.248 e. The fraction of sp³-hybridized carbons (Fsp3) is 0.214. The monoisotopic (exact) mass is 531 g/mol. The highest BCUT2D eigenvalue weighted by Gasteiger charge is 2.23. The average Bonchev–Trinajstić information content (AvgIpc) is 2.96. The zero-order valence-corrected chi connectivity index (χ0v) is 21.1. The van der Waals surface area contributed by atoms with E-state index in [-0.39, 0.29) is 29.8 Å². The fourth-order valence-electron chi connectivity index (χ4n) is 4.55. The molecule has 0 spiro atoms. The van der Waals surface area contributed by atoms with E-state index in [4.69, 9.17) is 5.11 Å². The van der Waals surface area contributed by atoms with Gasteiger partial charge in [0.25, 0.3) is 0 Å². The first-order valence-electron chi connectivity index (χ1n) is 12.5. The van der Waals surface area contributed by atoms with Gasteiger partial charge in [-0.15, -0.1) is 0 Å². The minimum atomic E-state index is -1.01. The van der Waals surface area contributed by atoms with Crippen molar-refractivity contribution in [3.05, 3.63) is 79.1 Å². The molecule has 39 heavy (non-hydrogen) atoms. The van der Waals surface area contributed by atoms with Crippen LogP contribution in [0.4, 0.5) is 31.9 Å². The Morgan fingerprint density at radius 3 is 2.67 bits per heavy atom. The van der Waals surface area contributed by atoms with Gasteiger partial charge in [0.1, 0.15) is 5.82 Å². The number of piperazine rings is 1.